The molecule has 1 atom stereocenters. The molecule has 0 saturated heterocycles. The zero-order valence-corrected chi connectivity index (χ0v) is 14.8. The van der Waals surface area contributed by atoms with Gasteiger partial charge in [0.15, 0.2) is 0 Å². The molecule has 1 N–H and O–H groups in total. The van der Waals surface area contributed by atoms with Gasteiger partial charge >= 0.3 is 0 Å². The fourth-order valence-electron chi connectivity index (χ4n) is 3.23. The van der Waals surface area contributed by atoms with E-state index in [4.69, 9.17) is 0 Å². The second kappa shape index (κ2) is 7.21. The van der Waals surface area contributed by atoms with Gasteiger partial charge in [-0.3, -0.25) is 0 Å². The number of likely N-dealkylation sites (N-methyl/N-ethyl adjacent to an activating group) is 1. The maximum Gasteiger partial charge on any atom is 0.137 e. The molecular weight excluding hydrogens is 331 g/mol. The number of hydrogen-bond acceptors (Lipinski definition) is 2. The van der Waals surface area contributed by atoms with E-state index in [1.165, 1.54) is 38.2 Å². The molecular formula is C17H26BrFN2. The van der Waals surface area contributed by atoms with Crippen molar-refractivity contribution in [2.24, 2.45) is 0 Å². The van der Waals surface area contributed by atoms with Crippen molar-refractivity contribution in [1.29, 1.82) is 0 Å². The monoisotopic (exact) mass is 356 g/mol. The minimum absolute atomic E-state index is 0.206. The van der Waals surface area contributed by atoms with Crippen LogP contribution in [0.3, 0.4) is 0 Å². The van der Waals surface area contributed by atoms with E-state index in [0.29, 0.717) is 4.47 Å². The van der Waals surface area contributed by atoms with E-state index in [2.05, 4.69) is 47.2 Å². The summed E-state index contributed by atoms with van der Waals surface area (Å²) in [5.41, 5.74) is 1.39. The van der Waals surface area contributed by atoms with Crippen molar-refractivity contribution in [2.45, 2.75) is 50.6 Å². The van der Waals surface area contributed by atoms with Crippen molar-refractivity contribution in [3.05, 3.63) is 34.1 Å². The zero-order valence-electron chi connectivity index (χ0n) is 13.3. The van der Waals surface area contributed by atoms with Crippen molar-refractivity contribution in [3.63, 3.8) is 0 Å². The first-order valence-corrected chi connectivity index (χ1v) is 8.60. The summed E-state index contributed by atoms with van der Waals surface area (Å²) in [6.45, 7) is 3.13. The van der Waals surface area contributed by atoms with Gasteiger partial charge in [0.25, 0.3) is 0 Å². The van der Waals surface area contributed by atoms with Gasteiger partial charge in [0.1, 0.15) is 5.82 Å². The molecule has 1 aromatic carbocycles. The Labute approximate surface area is 136 Å². The molecule has 1 unspecified atom stereocenters. The molecule has 2 nitrogen and oxygen atoms in total. The molecule has 1 aliphatic carbocycles. The number of nitrogens with zero attached hydrogens (tertiary/aromatic N) is 1. The average molecular weight is 357 g/mol. The summed E-state index contributed by atoms with van der Waals surface area (Å²) in [6, 6.07) is 5.48. The normalized spacial score (nSPS) is 19.7. The Morgan fingerprint density at radius 3 is 2.52 bits per heavy atom. The number of nitrogens with one attached hydrogen (secondary N) is 1. The quantitative estimate of drug-likeness (QED) is 0.835. The second-order valence-corrected chi connectivity index (χ2v) is 7.31. The number of hydrogen-bond donors (Lipinski definition) is 1. The molecule has 1 aliphatic rings. The molecule has 1 aromatic rings. The van der Waals surface area contributed by atoms with Gasteiger partial charge in [-0.15, -0.1) is 0 Å². The van der Waals surface area contributed by atoms with Crippen molar-refractivity contribution in [2.75, 3.05) is 20.6 Å². The summed E-state index contributed by atoms with van der Waals surface area (Å²) in [4.78, 5) is 2.38. The highest BCUT2D eigenvalue weighted by atomic mass is 79.9. The van der Waals surface area contributed by atoms with Gasteiger partial charge in [0.2, 0.25) is 0 Å². The van der Waals surface area contributed by atoms with Crippen LogP contribution in [0.25, 0.3) is 0 Å². The summed E-state index contributed by atoms with van der Waals surface area (Å²) in [6.07, 6.45) is 6.50. The Hall–Kier alpha value is -0.450. The number of benzene rings is 1. The Kier molecular flexibility index (Phi) is 5.81. The van der Waals surface area contributed by atoms with Crippen LogP contribution in [0.5, 0.6) is 0 Å². The van der Waals surface area contributed by atoms with Crippen LogP contribution in [0.1, 0.15) is 50.6 Å². The van der Waals surface area contributed by atoms with E-state index in [0.717, 1.165) is 12.1 Å². The van der Waals surface area contributed by atoms with Gasteiger partial charge in [0.05, 0.1) is 4.47 Å². The molecule has 21 heavy (non-hydrogen) atoms. The van der Waals surface area contributed by atoms with Crippen LogP contribution in [0.4, 0.5) is 4.39 Å². The maximum atomic E-state index is 13.3. The molecule has 0 heterocycles. The van der Waals surface area contributed by atoms with E-state index >= 15 is 0 Å². The molecule has 0 aromatic heterocycles. The Balaban J connectivity index is 2.01. The molecule has 0 bridgehead atoms. The largest absolute Gasteiger partial charge is 0.308 e. The first-order valence-electron chi connectivity index (χ1n) is 7.80. The standard InChI is InChI=1S/C17H26BrFN2/c1-13(14-7-8-16(19)15(18)11-14)20-12-17(21(2)3)9-5-4-6-10-17/h7-8,11,13,20H,4-6,9-10,12H2,1-3H3. The van der Waals surface area contributed by atoms with Gasteiger partial charge in [-0.25, -0.2) is 4.39 Å². The van der Waals surface area contributed by atoms with Gasteiger partial charge in [0, 0.05) is 18.1 Å². The lowest BCUT2D eigenvalue weighted by Crippen LogP contribution is -2.53. The molecule has 0 spiro atoms. The molecule has 2 rings (SSSR count). The molecule has 0 radical (unpaired) electrons. The van der Waals surface area contributed by atoms with E-state index < -0.39 is 0 Å². The summed E-state index contributed by atoms with van der Waals surface area (Å²) in [7, 11) is 4.37. The van der Waals surface area contributed by atoms with Gasteiger partial charge in [-0.05, 0) is 67.5 Å². The maximum absolute atomic E-state index is 13.3. The third-order valence-corrected chi connectivity index (χ3v) is 5.52. The number of rotatable bonds is 5. The number of halogens is 2. The lowest BCUT2D eigenvalue weighted by Gasteiger charge is -2.44. The minimum Gasteiger partial charge on any atom is -0.308 e. The predicted molar refractivity (Wildman–Crippen MR) is 90.0 cm³/mol. The lowest BCUT2D eigenvalue weighted by atomic mass is 9.80. The molecule has 4 heteroatoms. The minimum atomic E-state index is -0.206. The third-order valence-electron chi connectivity index (χ3n) is 4.91. The van der Waals surface area contributed by atoms with Crippen LogP contribution in [-0.2, 0) is 0 Å². The van der Waals surface area contributed by atoms with Crippen LogP contribution in [-0.4, -0.2) is 31.1 Å². The third kappa shape index (κ3) is 4.05. The topological polar surface area (TPSA) is 15.3 Å². The first-order chi connectivity index (χ1) is 9.94. The fraction of sp³-hybridized carbons (Fsp3) is 0.647. The highest BCUT2D eigenvalue weighted by Gasteiger charge is 2.34. The second-order valence-electron chi connectivity index (χ2n) is 6.46. The SMILES string of the molecule is CC(NCC1(N(C)C)CCCCC1)c1ccc(F)c(Br)c1. The van der Waals surface area contributed by atoms with E-state index in [9.17, 15) is 4.39 Å². The highest BCUT2D eigenvalue weighted by Crippen LogP contribution is 2.32. The molecule has 1 saturated carbocycles. The van der Waals surface area contributed by atoms with E-state index in [-0.39, 0.29) is 17.4 Å². The predicted octanol–water partition coefficient (Wildman–Crippen LogP) is 4.50. The molecule has 1 fully saturated rings. The summed E-state index contributed by atoms with van der Waals surface area (Å²) < 4.78 is 13.9. The molecule has 118 valence electrons. The highest BCUT2D eigenvalue weighted by molar-refractivity contribution is 9.10. The molecule has 0 amide bonds. The van der Waals surface area contributed by atoms with Crippen molar-refractivity contribution in [1.82, 2.24) is 10.2 Å². The molecule has 0 aliphatic heterocycles. The average Bonchev–Trinajstić information content (AvgIpc) is 2.48. The summed E-state index contributed by atoms with van der Waals surface area (Å²) in [5, 5.41) is 3.65. The van der Waals surface area contributed by atoms with Crippen LogP contribution < -0.4 is 5.32 Å². The Morgan fingerprint density at radius 2 is 1.95 bits per heavy atom. The first kappa shape index (κ1) is 16.9. The zero-order chi connectivity index (χ0) is 15.5. The van der Waals surface area contributed by atoms with Crippen LogP contribution in [0, 0.1) is 5.82 Å². The smallest absolute Gasteiger partial charge is 0.137 e. The summed E-state index contributed by atoms with van der Waals surface area (Å²) in [5.74, 6) is -0.206. The summed E-state index contributed by atoms with van der Waals surface area (Å²) >= 11 is 3.26. The van der Waals surface area contributed by atoms with Crippen LogP contribution in [0.15, 0.2) is 22.7 Å². The van der Waals surface area contributed by atoms with Crippen molar-refractivity contribution in [3.8, 4) is 0 Å². The van der Waals surface area contributed by atoms with Gasteiger partial charge in [-0.2, -0.15) is 0 Å². The van der Waals surface area contributed by atoms with Crippen LogP contribution >= 0.6 is 15.9 Å². The Bertz CT molecular complexity index is 470. The van der Waals surface area contributed by atoms with E-state index in [1.54, 1.807) is 0 Å². The van der Waals surface area contributed by atoms with Crippen molar-refractivity contribution >= 4 is 15.9 Å². The fourth-order valence-corrected chi connectivity index (χ4v) is 3.63. The van der Waals surface area contributed by atoms with E-state index in [1.807, 2.05) is 12.1 Å². The van der Waals surface area contributed by atoms with Gasteiger partial charge in [-0.1, -0.05) is 25.3 Å². The van der Waals surface area contributed by atoms with Gasteiger partial charge < -0.3 is 10.2 Å². The van der Waals surface area contributed by atoms with Crippen molar-refractivity contribution < 1.29 is 4.39 Å². The lowest BCUT2D eigenvalue weighted by molar-refractivity contribution is 0.0958. The Morgan fingerprint density at radius 1 is 1.29 bits per heavy atom. The van der Waals surface area contributed by atoms with Crippen LogP contribution in [0.2, 0.25) is 0 Å².